The van der Waals surface area contributed by atoms with E-state index in [2.05, 4.69) is 44.6 Å². The largest absolute Gasteiger partial charge is 0.379 e. The summed E-state index contributed by atoms with van der Waals surface area (Å²) < 4.78 is 5.41. The third kappa shape index (κ3) is 5.16. The van der Waals surface area contributed by atoms with Gasteiger partial charge in [0.05, 0.1) is 18.7 Å². The molecule has 0 radical (unpaired) electrons. The fourth-order valence-electron chi connectivity index (χ4n) is 3.27. The lowest BCUT2D eigenvalue weighted by molar-refractivity contribution is 0.0320. The summed E-state index contributed by atoms with van der Waals surface area (Å²) in [5.41, 5.74) is 2.24. The molecule has 1 aromatic heterocycles. The molecule has 1 saturated heterocycles. The number of morpholine rings is 1. The van der Waals surface area contributed by atoms with Gasteiger partial charge in [-0.3, -0.25) is 14.9 Å². The number of para-hydroxylation sites is 1. The molecular weight excluding hydrogens is 326 g/mol. The molecule has 1 fully saturated rings. The Morgan fingerprint density at radius 3 is 2.85 bits per heavy atom. The molecule has 2 N–H and O–H groups in total. The number of fused-ring (bicyclic) bond motifs is 1. The minimum atomic E-state index is 0.549. The molecule has 0 amide bonds. The van der Waals surface area contributed by atoms with E-state index in [0.717, 1.165) is 57.4 Å². The highest BCUT2D eigenvalue weighted by Gasteiger charge is 2.14. The van der Waals surface area contributed by atoms with Crippen molar-refractivity contribution >= 4 is 16.9 Å². The van der Waals surface area contributed by atoms with Crippen molar-refractivity contribution in [1.29, 1.82) is 0 Å². The average molecular weight is 355 g/mol. The van der Waals surface area contributed by atoms with E-state index >= 15 is 0 Å². The van der Waals surface area contributed by atoms with E-state index in [4.69, 9.17) is 4.74 Å². The summed E-state index contributed by atoms with van der Waals surface area (Å²) in [6.07, 6.45) is 1.86. The maximum absolute atomic E-state index is 5.41. The van der Waals surface area contributed by atoms with Crippen LogP contribution in [-0.2, 0) is 11.3 Å². The normalized spacial score (nSPS) is 17.2. The fraction of sp³-hybridized carbons (Fsp3) is 0.500. The first-order valence-electron chi connectivity index (χ1n) is 9.33. The molecule has 1 atom stereocenters. The number of rotatable bonds is 6. The van der Waals surface area contributed by atoms with E-state index in [1.165, 1.54) is 10.9 Å². The molecule has 6 heteroatoms. The molecule has 0 bridgehead atoms. The zero-order valence-corrected chi connectivity index (χ0v) is 15.7. The number of nitrogens with one attached hydrogen (secondary N) is 2. The molecule has 6 nitrogen and oxygen atoms in total. The number of hydrogen-bond donors (Lipinski definition) is 2. The molecule has 1 aliphatic rings. The number of ether oxygens (including phenoxy) is 1. The third-order valence-electron chi connectivity index (χ3n) is 4.70. The summed E-state index contributed by atoms with van der Waals surface area (Å²) in [7, 11) is 1.81. The van der Waals surface area contributed by atoms with Gasteiger partial charge in [-0.25, -0.2) is 0 Å². The standard InChI is InChI=1S/C20H29N5O/c1-16(15-25-9-11-26-12-10-25)13-23-20(21-2)24-14-17-7-8-22-19-6-4-3-5-18(17)19/h3-8,16H,9-15H2,1-2H3,(H2,21,23,24). The molecular formula is C20H29N5O. The summed E-state index contributed by atoms with van der Waals surface area (Å²) in [6.45, 7) is 8.74. The van der Waals surface area contributed by atoms with E-state index in [-0.39, 0.29) is 0 Å². The Kier molecular flexibility index (Phi) is 6.80. The molecule has 0 aliphatic carbocycles. The first-order chi connectivity index (χ1) is 12.8. The summed E-state index contributed by atoms with van der Waals surface area (Å²) in [6, 6.07) is 10.3. The van der Waals surface area contributed by atoms with Gasteiger partial charge in [-0.05, 0) is 23.6 Å². The first-order valence-corrected chi connectivity index (χ1v) is 9.33. The molecule has 0 saturated carbocycles. The SMILES string of the molecule is CN=C(NCc1ccnc2ccccc12)NCC(C)CN1CCOCC1. The van der Waals surface area contributed by atoms with Crippen molar-refractivity contribution in [2.75, 3.05) is 46.4 Å². The van der Waals surface area contributed by atoms with E-state index in [1.807, 2.05) is 31.4 Å². The maximum Gasteiger partial charge on any atom is 0.191 e. The van der Waals surface area contributed by atoms with Crippen LogP contribution >= 0.6 is 0 Å². The van der Waals surface area contributed by atoms with Gasteiger partial charge in [0.15, 0.2) is 5.96 Å². The second-order valence-corrected chi connectivity index (χ2v) is 6.81. The first kappa shape index (κ1) is 18.6. The number of hydrogen-bond acceptors (Lipinski definition) is 4. The predicted octanol–water partition coefficient (Wildman–Crippen LogP) is 1.87. The summed E-state index contributed by atoms with van der Waals surface area (Å²) >= 11 is 0. The average Bonchev–Trinajstić information content (AvgIpc) is 2.69. The number of nitrogens with zero attached hydrogens (tertiary/aromatic N) is 3. The molecule has 0 spiro atoms. The van der Waals surface area contributed by atoms with Gasteiger partial charge in [-0.15, -0.1) is 0 Å². The van der Waals surface area contributed by atoms with Crippen LogP contribution in [0.1, 0.15) is 12.5 Å². The Morgan fingerprint density at radius 2 is 2.04 bits per heavy atom. The number of aliphatic imine (C=N–C) groups is 1. The van der Waals surface area contributed by atoms with Gasteiger partial charge >= 0.3 is 0 Å². The van der Waals surface area contributed by atoms with Crippen molar-refractivity contribution in [2.24, 2.45) is 10.9 Å². The molecule has 2 heterocycles. The van der Waals surface area contributed by atoms with Gasteiger partial charge in [0.2, 0.25) is 0 Å². The smallest absolute Gasteiger partial charge is 0.191 e. The van der Waals surface area contributed by atoms with E-state index in [0.29, 0.717) is 5.92 Å². The molecule has 1 unspecified atom stereocenters. The predicted molar refractivity (Wildman–Crippen MR) is 106 cm³/mol. The summed E-state index contributed by atoms with van der Waals surface area (Å²) in [5, 5.41) is 8.04. The third-order valence-corrected chi connectivity index (χ3v) is 4.70. The van der Waals surface area contributed by atoms with Crippen molar-refractivity contribution in [3.8, 4) is 0 Å². The monoisotopic (exact) mass is 355 g/mol. The van der Waals surface area contributed by atoms with Crippen molar-refractivity contribution < 1.29 is 4.74 Å². The Morgan fingerprint density at radius 1 is 1.23 bits per heavy atom. The number of aromatic nitrogens is 1. The topological polar surface area (TPSA) is 61.8 Å². The van der Waals surface area contributed by atoms with Crippen LogP contribution in [0.15, 0.2) is 41.5 Å². The van der Waals surface area contributed by atoms with Crippen molar-refractivity contribution in [3.05, 3.63) is 42.1 Å². The fourth-order valence-corrected chi connectivity index (χ4v) is 3.27. The van der Waals surface area contributed by atoms with E-state index < -0.39 is 0 Å². The van der Waals surface area contributed by atoms with Gasteiger partial charge < -0.3 is 15.4 Å². The zero-order valence-electron chi connectivity index (χ0n) is 15.7. The highest BCUT2D eigenvalue weighted by molar-refractivity contribution is 5.83. The number of guanidine groups is 1. The second kappa shape index (κ2) is 9.50. The van der Waals surface area contributed by atoms with Crippen LogP contribution in [0.4, 0.5) is 0 Å². The minimum absolute atomic E-state index is 0.549. The van der Waals surface area contributed by atoms with Gasteiger partial charge in [0.25, 0.3) is 0 Å². The van der Waals surface area contributed by atoms with Crippen LogP contribution in [-0.4, -0.2) is 62.3 Å². The van der Waals surface area contributed by atoms with Crippen LogP contribution in [0.3, 0.4) is 0 Å². The quantitative estimate of drug-likeness (QED) is 0.612. The Balaban J connectivity index is 1.48. The molecule has 2 aromatic rings. The van der Waals surface area contributed by atoms with Gasteiger partial charge in [0.1, 0.15) is 0 Å². The van der Waals surface area contributed by atoms with Gasteiger partial charge in [-0.1, -0.05) is 25.1 Å². The molecule has 26 heavy (non-hydrogen) atoms. The van der Waals surface area contributed by atoms with E-state index in [9.17, 15) is 0 Å². The summed E-state index contributed by atoms with van der Waals surface area (Å²) in [5.74, 6) is 1.38. The molecule has 1 aromatic carbocycles. The van der Waals surface area contributed by atoms with E-state index in [1.54, 1.807) is 0 Å². The highest BCUT2D eigenvalue weighted by Crippen LogP contribution is 2.15. The lowest BCUT2D eigenvalue weighted by Gasteiger charge is -2.29. The lowest BCUT2D eigenvalue weighted by Crippen LogP contribution is -2.43. The Hall–Kier alpha value is -2.18. The van der Waals surface area contributed by atoms with Crippen LogP contribution in [0.25, 0.3) is 10.9 Å². The highest BCUT2D eigenvalue weighted by atomic mass is 16.5. The van der Waals surface area contributed by atoms with Crippen LogP contribution in [0.5, 0.6) is 0 Å². The van der Waals surface area contributed by atoms with Crippen LogP contribution in [0.2, 0.25) is 0 Å². The summed E-state index contributed by atoms with van der Waals surface area (Å²) in [4.78, 5) is 11.2. The van der Waals surface area contributed by atoms with Crippen molar-refractivity contribution in [1.82, 2.24) is 20.5 Å². The minimum Gasteiger partial charge on any atom is -0.379 e. The zero-order chi connectivity index (χ0) is 18.2. The molecule has 1 aliphatic heterocycles. The Bertz CT molecular complexity index is 722. The molecule has 3 rings (SSSR count). The van der Waals surface area contributed by atoms with Crippen molar-refractivity contribution in [2.45, 2.75) is 13.5 Å². The Labute approximate surface area is 155 Å². The maximum atomic E-state index is 5.41. The van der Waals surface area contributed by atoms with Crippen LogP contribution in [0, 0.1) is 5.92 Å². The van der Waals surface area contributed by atoms with Gasteiger partial charge in [0, 0.05) is 51.4 Å². The lowest BCUT2D eigenvalue weighted by atomic mass is 10.1. The van der Waals surface area contributed by atoms with Crippen LogP contribution < -0.4 is 10.6 Å². The molecule has 140 valence electrons. The number of benzene rings is 1. The second-order valence-electron chi connectivity index (χ2n) is 6.81. The number of pyridine rings is 1. The van der Waals surface area contributed by atoms with Crippen molar-refractivity contribution in [3.63, 3.8) is 0 Å². The van der Waals surface area contributed by atoms with Gasteiger partial charge in [-0.2, -0.15) is 0 Å².